The molecule has 0 bridgehead atoms. The number of phenols is 1. The molecule has 0 fully saturated rings. The molecule has 0 amide bonds. The van der Waals surface area contributed by atoms with Crippen LogP contribution < -0.4 is 5.73 Å². The first-order valence-corrected chi connectivity index (χ1v) is 4.11. The first-order valence-electron chi connectivity index (χ1n) is 4.11. The van der Waals surface area contributed by atoms with Crippen LogP contribution in [0.4, 0.5) is 4.39 Å². The van der Waals surface area contributed by atoms with E-state index in [1.807, 2.05) is 0 Å². The summed E-state index contributed by atoms with van der Waals surface area (Å²) < 4.78 is 12.8. The van der Waals surface area contributed by atoms with E-state index in [0.29, 0.717) is 0 Å². The maximum Gasteiger partial charge on any atom is 0.165 e. The molecule has 5 N–H and O–H groups in total. The molecule has 0 aromatic heterocycles. The van der Waals surface area contributed by atoms with Crippen LogP contribution in [0.1, 0.15) is 11.7 Å². The first kappa shape index (κ1) is 10.9. The van der Waals surface area contributed by atoms with Crippen molar-refractivity contribution in [2.24, 2.45) is 5.73 Å². The van der Waals surface area contributed by atoms with Crippen LogP contribution in [0.5, 0.6) is 5.75 Å². The van der Waals surface area contributed by atoms with Crippen molar-refractivity contribution in [1.29, 1.82) is 0 Å². The summed E-state index contributed by atoms with van der Waals surface area (Å²) >= 11 is 0. The van der Waals surface area contributed by atoms with E-state index >= 15 is 0 Å². The third-order valence-electron chi connectivity index (χ3n) is 1.94. The number of hydrogen-bond donors (Lipinski definition) is 4. The summed E-state index contributed by atoms with van der Waals surface area (Å²) in [4.78, 5) is 0. The van der Waals surface area contributed by atoms with Crippen molar-refractivity contribution in [1.82, 2.24) is 0 Å². The fourth-order valence-corrected chi connectivity index (χ4v) is 1.11. The van der Waals surface area contributed by atoms with Gasteiger partial charge in [0.25, 0.3) is 0 Å². The van der Waals surface area contributed by atoms with Crippen molar-refractivity contribution in [2.45, 2.75) is 12.2 Å². The third kappa shape index (κ3) is 2.01. The van der Waals surface area contributed by atoms with Crippen LogP contribution in [-0.4, -0.2) is 28.0 Å². The number of aliphatic hydroxyl groups is 2. The molecule has 2 unspecified atom stereocenters. The Balaban J connectivity index is 3.01. The Bertz CT molecular complexity index is 319. The zero-order valence-electron chi connectivity index (χ0n) is 7.39. The number of rotatable bonds is 3. The highest BCUT2D eigenvalue weighted by molar-refractivity contribution is 5.35. The van der Waals surface area contributed by atoms with Gasteiger partial charge in [-0.1, -0.05) is 12.1 Å². The summed E-state index contributed by atoms with van der Waals surface area (Å²) in [7, 11) is 0. The number of halogens is 1. The lowest BCUT2D eigenvalue weighted by atomic mass is 10.0. The Morgan fingerprint density at radius 1 is 1.36 bits per heavy atom. The van der Waals surface area contributed by atoms with Gasteiger partial charge in [-0.2, -0.15) is 0 Å². The minimum atomic E-state index is -1.38. The summed E-state index contributed by atoms with van der Waals surface area (Å²) in [5.41, 5.74) is 5.05. The third-order valence-corrected chi connectivity index (χ3v) is 1.94. The molecule has 5 heteroatoms. The van der Waals surface area contributed by atoms with E-state index in [1.165, 1.54) is 12.1 Å². The number of hydrogen-bond acceptors (Lipinski definition) is 4. The second kappa shape index (κ2) is 4.36. The van der Waals surface area contributed by atoms with Gasteiger partial charge in [0.05, 0.1) is 6.10 Å². The number of aromatic hydroxyl groups is 1. The van der Waals surface area contributed by atoms with Gasteiger partial charge in [0.2, 0.25) is 0 Å². The monoisotopic (exact) mass is 201 g/mol. The summed E-state index contributed by atoms with van der Waals surface area (Å²) in [5, 5.41) is 27.8. The van der Waals surface area contributed by atoms with E-state index in [0.717, 1.165) is 6.07 Å². The van der Waals surface area contributed by atoms with Crippen LogP contribution in [0, 0.1) is 5.82 Å². The molecule has 14 heavy (non-hydrogen) atoms. The average Bonchev–Trinajstić information content (AvgIpc) is 2.20. The normalized spacial score (nSPS) is 15.1. The lowest BCUT2D eigenvalue weighted by Crippen LogP contribution is -2.27. The van der Waals surface area contributed by atoms with Gasteiger partial charge >= 0.3 is 0 Å². The number of aliphatic hydroxyl groups excluding tert-OH is 2. The molecule has 0 aliphatic rings. The molecule has 0 aliphatic carbocycles. The van der Waals surface area contributed by atoms with Gasteiger partial charge in [-0.05, 0) is 6.07 Å². The van der Waals surface area contributed by atoms with Crippen molar-refractivity contribution in [3.8, 4) is 5.75 Å². The molecule has 0 heterocycles. The molecule has 0 saturated heterocycles. The molecule has 78 valence electrons. The molecule has 1 aromatic carbocycles. The van der Waals surface area contributed by atoms with Gasteiger partial charge in [-0.3, -0.25) is 0 Å². The fraction of sp³-hybridized carbons (Fsp3) is 0.333. The maximum absolute atomic E-state index is 12.8. The highest BCUT2D eigenvalue weighted by Gasteiger charge is 2.21. The molecule has 0 radical (unpaired) electrons. The zero-order valence-corrected chi connectivity index (χ0v) is 7.39. The second-order valence-electron chi connectivity index (χ2n) is 2.93. The molecule has 1 aromatic rings. The first-order chi connectivity index (χ1) is 6.57. The molecule has 0 spiro atoms. The van der Waals surface area contributed by atoms with E-state index in [9.17, 15) is 19.7 Å². The zero-order chi connectivity index (χ0) is 10.7. The van der Waals surface area contributed by atoms with Crippen molar-refractivity contribution in [3.63, 3.8) is 0 Å². The molecular weight excluding hydrogens is 189 g/mol. The summed E-state index contributed by atoms with van der Waals surface area (Å²) in [6, 6.07) is 3.71. The Labute approximate surface area is 80.4 Å². The highest BCUT2D eigenvalue weighted by atomic mass is 19.1. The van der Waals surface area contributed by atoms with Gasteiger partial charge in [0.1, 0.15) is 6.10 Å². The molecule has 1 rings (SSSR count). The Hall–Kier alpha value is -1.17. The minimum Gasteiger partial charge on any atom is -0.505 e. The van der Waals surface area contributed by atoms with E-state index in [4.69, 9.17) is 5.73 Å². The van der Waals surface area contributed by atoms with Crippen LogP contribution in [0.3, 0.4) is 0 Å². The number of phenolic OH excluding ortho intramolecular Hbond substituents is 1. The van der Waals surface area contributed by atoms with Crippen molar-refractivity contribution < 1.29 is 19.7 Å². The summed E-state index contributed by atoms with van der Waals surface area (Å²) in [6.45, 7) is -0.170. The van der Waals surface area contributed by atoms with Crippen LogP contribution in [0.15, 0.2) is 18.2 Å². The van der Waals surface area contributed by atoms with E-state index in [-0.39, 0.29) is 12.1 Å². The molecule has 2 atom stereocenters. The van der Waals surface area contributed by atoms with Crippen molar-refractivity contribution >= 4 is 0 Å². The topological polar surface area (TPSA) is 86.7 Å². The van der Waals surface area contributed by atoms with Crippen LogP contribution in [-0.2, 0) is 0 Å². The molecule has 4 nitrogen and oxygen atoms in total. The predicted octanol–water partition coefficient (Wildman–Crippen LogP) is -0.116. The van der Waals surface area contributed by atoms with Gasteiger partial charge < -0.3 is 21.1 Å². The Kier molecular flexibility index (Phi) is 3.40. The Morgan fingerprint density at radius 3 is 2.57 bits per heavy atom. The second-order valence-corrected chi connectivity index (χ2v) is 2.93. The average molecular weight is 201 g/mol. The van der Waals surface area contributed by atoms with Gasteiger partial charge in [0.15, 0.2) is 11.6 Å². The summed E-state index contributed by atoms with van der Waals surface area (Å²) in [6.07, 6.45) is -2.60. The smallest absolute Gasteiger partial charge is 0.165 e. The summed E-state index contributed by atoms with van der Waals surface area (Å²) in [5.74, 6) is -1.50. The van der Waals surface area contributed by atoms with Gasteiger partial charge in [0, 0.05) is 12.1 Å². The maximum atomic E-state index is 12.8. The highest BCUT2D eigenvalue weighted by Crippen LogP contribution is 2.28. The molecular formula is C9H12FNO3. The van der Waals surface area contributed by atoms with Gasteiger partial charge in [-0.25, -0.2) is 4.39 Å². The number of para-hydroxylation sites is 1. The van der Waals surface area contributed by atoms with E-state index in [2.05, 4.69) is 0 Å². The SMILES string of the molecule is NCC(O)C(O)c1cccc(F)c1O. The molecule has 0 aliphatic heterocycles. The van der Waals surface area contributed by atoms with Crippen LogP contribution in [0.2, 0.25) is 0 Å². The van der Waals surface area contributed by atoms with Crippen LogP contribution in [0.25, 0.3) is 0 Å². The van der Waals surface area contributed by atoms with E-state index < -0.39 is 23.8 Å². The molecule has 0 saturated carbocycles. The fourth-order valence-electron chi connectivity index (χ4n) is 1.11. The number of benzene rings is 1. The standard InChI is InChI=1S/C9H12FNO3/c10-6-3-1-2-5(8(6)13)9(14)7(12)4-11/h1-3,7,9,12-14H,4,11H2. The van der Waals surface area contributed by atoms with Crippen molar-refractivity contribution in [2.75, 3.05) is 6.54 Å². The largest absolute Gasteiger partial charge is 0.505 e. The lowest BCUT2D eigenvalue weighted by molar-refractivity contribution is 0.0227. The van der Waals surface area contributed by atoms with Crippen LogP contribution >= 0.6 is 0 Å². The Morgan fingerprint density at radius 2 is 2.00 bits per heavy atom. The minimum absolute atomic E-state index is 0.0667. The van der Waals surface area contributed by atoms with E-state index in [1.54, 1.807) is 0 Å². The van der Waals surface area contributed by atoms with Gasteiger partial charge in [-0.15, -0.1) is 0 Å². The quantitative estimate of drug-likeness (QED) is 0.549. The lowest BCUT2D eigenvalue weighted by Gasteiger charge is -2.17. The van der Waals surface area contributed by atoms with Crippen molar-refractivity contribution in [3.05, 3.63) is 29.6 Å². The number of nitrogens with two attached hydrogens (primary N) is 1. The predicted molar refractivity (Wildman–Crippen MR) is 48.1 cm³/mol.